The second-order valence-corrected chi connectivity index (χ2v) is 5.91. The van der Waals surface area contributed by atoms with Crippen molar-refractivity contribution < 1.29 is 4.79 Å². The van der Waals surface area contributed by atoms with E-state index in [1.54, 1.807) is 0 Å². The Kier molecular flexibility index (Phi) is 4.01. The third-order valence-electron chi connectivity index (χ3n) is 4.51. The number of rotatable bonds is 2. The Morgan fingerprint density at radius 2 is 2.06 bits per heavy atom. The summed E-state index contributed by atoms with van der Waals surface area (Å²) in [6, 6.07) is 0.489. The zero-order valence-corrected chi connectivity index (χ0v) is 10.7. The molecule has 0 radical (unpaired) electrons. The number of carbonyl (C=O) groups is 1. The number of carbonyl (C=O) groups excluding carboxylic acids is 1. The van der Waals surface area contributed by atoms with Gasteiger partial charge in [-0.1, -0.05) is 20.3 Å². The van der Waals surface area contributed by atoms with Gasteiger partial charge in [0.1, 0.15) is 5.78 Å². The molecule has 2 heteroatoms. The van der Waals surface area contributed by atoms with Gasteiger partial charge in [-0.15, -0.1) is 0 Å². The zero-order chi connectivity index (χ0) is 11.5. The molecule has 92 valence electrons. The minimum atomic E-state index is 0.321. The number of piperidine rings is 1. The Bertz CT molecular complexity index is 243. The highest BCUT2D eigenvalue weighted by Gasteiger charge is 2.35. The van der Waals surface area contributed by atoms with Gasteiger partial charge >= 0.3 is 0 Å². The van der Waals surface area contributed by atoms with Crippen LogP contribution >= 0.6 is 0 Å². The summed E-state index contributed by atoms with van der Waals surface area (Å²) in [7, 11) is 0. The van der Waals surface area contributed by atoms with Gasteiger partial charge in [-0.25, -0.2) is 0 Å². The monoisotopic (exact) mass is 223 g/mol. The van der Waals surface area contributed by atoms with E-state index in [4.69, 9.17) is 0 Å². The lowest BCUT2D eigenvalue weighted by molar-refractivity contribution is -0.127. The topological polar surface area (TPSA) is 29.1 Å². The summed E-state index contributed by atoms with van der Waals surface area (Å²) < 4.78 is 0. The number of Topliss-reactive ketones (excluding diaryl/α,β-unsaturated/α-hetero) is 1. The highest BCUT2D eigenvalue weighted by atomic mass is 16.1. The largest absolute Gasteiger partial charge is 0.313 e. The van der Waals surface area contributed by atoms with Crippen LogP contribution in [0.3, 0.4) is 0 Å². The van der Waals surface area contributed by atoms with Gasteiger partial charge in [0.05, 0.1) is 0 Å². The van der Waals surface area contributed by atoms with Gasteiger partial charge in [0.25, 0.3) is 0 Å². The SMILES string of the molecule is CC(C)C1CCC(=O)C(C2CCCCN2)C1. The summed E-state index contributed by atoms with van der Waals surface area (Å²) in [5, 5.41) is 3.56. The summed E-state index contributed by atoms with van der Waals surface area (Å²) in [6.07, 6.45) is 6.87. The van der Waals surface area contributed by atoms with Crippen molar-refractivity contribution in [2.45, 2.75) is 58.4 Å². The minimum Gasteiger partial charge on any atom is -0.313 e. The van der Waals surface area contributed by atoms with Crippen LogP contribution in [0.1, 0.15) is 52.4 Å². The third-order valence-corrected chi connectivity index (χ3v) is 4.51. The molecule has 0 spiro atoms. The van der Waals surface area contributed by atoms with Crippen molar-refractivity contribution in [1.29, 1.82) is 0 Å². The molecule has 2 nitrogen and oxygen atoms in total. The first-order valence-electron chi connectivity index (χ1n) is 6.94. The Hall–Kier alpha value is -0.370. The van der Waals surface area contributed by atoms with Crippen LogP contribution in [0.5, 0.6) is 0 Å². The molecule has 2 aliphatic rings. The van der Waals surface area contributed by atoms with Crippen molar-refractivity contribution in [2.24, 2.45) is 17.8 Å². The molecular formula is C14H25NO. The molecule has 0 aromatic rings. The van der Waals surface area contributed by atoms with Crippen LogP contribution in [0, 0.1) is 17.8 Å². The highest BCUT2D eigenvalue weighted by Crippen LogP contribution is 2.34. The van der Waals surface area contributed by atoms with E-state index in [0.717, 1.165) is 37.6 Å². The number of nitrogens with one attached hydrogen (secondary N) is 1. The Morgan fingerprint density at radius 1 is 1.25 bits per heavy atom. The van der Waals surface area contributed by atoms with E-state index in [9.17, 15) is 4.79 Å². The van der Waals surface area contributed by atoms with E-state index < -0.39 is 0 Å². The van der Waals surface area contributed by atoms with Gasteiger partial charge in [0.15, 0.2) is 0 Å². The predicted molar refractivity (Wildman–Crippen MR) is 66.3 cm³/mol. The van der Waals surface area contributed by atoms with E-state index in [1.807, 2.05) is 0 Å². The minimum absolute atomic E-state index is 0.321. The summed E-state index contributed by atoms with van der Waals surface area (Å²) in [5.41, 5.74) is 0. The van der Waals surface area contributed by atoms with Crippen molar-refractivity contribution in [3.05, 3.63) is 0 Å². The first kappa shape index (κ1) is 12.1. The van der Waals surface area contributed by atoms with E-state index in [-0.39, 0.29) is 0 Å². The standard InChI is InChI=1S/C14H25NO/c1-10(2)11-6-7-14(16)12(9-11)13-5-3-4-8-15-13/h10-13,15H,3-9H2,1-2H3. The van der Waals surface area contributed by atoms with Crippen molar-refractivity contribution in [2.75, 3.05) is 6.54 Å². The van der Waals surface area contributed by atoms with Crippen LogP contribution in [0.4, 0.5) is 0 Å². The summed E-state index contributed by atoms with van der Waals surface area (Å²) >= 11 is 0. The molecule has 1 saturated heterocycles. The maximum atomic E-state index is 12.0. The first-order chi connectivity index (χ1) is 7.68. The third kappa shape index (κ3) is 2.65. The first-order valence-corrected chi connectivity index (χ1v) is 6.94. The predicted octanol–water partition coefficient (Wildman–Crippen LogP) is 2.77. The lowest BCUT2D eigenvalue weighted by Gasteiger charge is -2.37. The Labute approximate surface area is 99.2 Å². The molecule has 2 fully saturated rings. The average Bonchev–Trinajstić information content (AvgIpc) is 2.30. The molecule has 1 N–H and O–H groups in total. The molecule has 0 aromatic carbocycles. The Balaban J connectivity index is 1.97. The molecule has 1 heterocycles. The van der Waals surface area contributed by atoms with Crippen LogP contribution in [0.15, 0.2) is 0 Å². The molecular weight excluding hydrogens is 198 g/mol. The molecule has 1 aliphatic heterocycles. The van der Waals surface area contributed by atoms with Crippen LogP contribution in [0.2, 0.25) is 0 Å². The number of hydrogen-bond acceptors (Lipinski definition) is 2. The smallest absolute Gasteiger partial charge is 0.137 e. The van der Waals surface area contributed by atoms with Gasteiger partial charge in [-0.05, 0) is 44.1 Å². The summed E-state index contributed by atoms with van der Waals surface area (Å²) in [4.78, 5) is 12.0. The normalized spacial score (nSPS) is 36.7. The van der Waals surface area contributed by atoms with Crippen molar-refractivity contribution in [1.82, 2.24) is 5.32 Å². The molecule has 3 unspecified atom stereocenters. The maximum Gasteiger partial charge on any atom is 0.137 e. The quantitative estimate of drug-likeness (QED) is 0.780. The van der Waals surface area contributed by atoms with Crippen LogP contribution in [0.25, 0.3) is 0 Å². The van der Waals surface area contributed by atoms with E-state index in [0.29, 0.717) is 17.7 Å². The Morgan fingerprint density at radius 3 is 2.69 bits per heavy atom. The van der Waals surface area contributed by atoms with E-state index in [2.05, 4.69) is 19.2 Å². The number of ketones is 1. The van der Waals surface area contributed by atoms with E-state index in [1.165, 1.54) is 19.3 Å². The lowest BCUT2D eigenvalue weighted by Crippen LogP contribution is -2.45. The zero-order valence-electron chi connectivity index (χ0n) is 10.7. The second-order valence-electron chi connectivity index (χ2n) is 5.91. The van der Waals surface area contributed by atoms with Crippen molar-refractivity contribution in [3.63, 3.8) is 0 Å². The molecule has 0 amide bonds. The number of hydrogen-bond donors (Lipinski definition) is 1. The molecule has 2 rings (SSSR count). The summed E-state index contributed by atoms with van der Waals surface area (Å²) in [5.74, 6) is 2.35. The fraction of sp³-hybridized carbons (Fsp3) is 0.929. The van der Waals surface area contributed by atoms with Gasteiger partial charge in [0, 0.05) is 18.4 Å². The molecule has 1 aliphatic carbocycles. The van der Waals surface area contributed by atoms with Crippen LogP contribution < -0.4 is 5.32 Å². The highest BCUT2D eigenvalue weighted by molar-refractivity contribution is 5.82. The molecule has 0 bridgehead atoms. The van der Waals surface area contributed by atoms with Gasteiger partial charge < -0.3 is 5.32 Å². The van der Waals surface area contributed by atoms with Gasteiger partial charge in [-0.2, -0.15) is 0 Å². The second kappa shape index (κ2) is 5.31. The molecule has 16 heavy (non-hydrogen) atoms. The van der Waals surface area contributed by atoms with Crippen LogP contribution in [-0.2, 0) is 4.79 Å². The van der Waals surface area contributed by atoms with Gasteiger partial charge in [0.2, 0.25) is 0 Å². The maximum absolute atomic E-state index is 12.0. The molecule has 1 saturated carbocycles. The van der Waals surface area contributed by atoms with Crippen LogP contribution in [-0.4, -0.2) is 18.4 Å². The molecule has 0 aromatic heterocycles. The van der Waals surface area contributed by atoms with Crippen molar-refractivity contribution in [3.8, 4) is 0 Å². The van der Waals surface area contributed by atoms with Crippen molar-refractivity contribution >= 4 is 5.78 Å². The lowest BCUT2D eigenvalue weighted by atomic mass is 9.71. The molecule has 3 atom stereocenters. The van der Waals surface area contributed by atoms with E-state index >= 15 is 0 Å². The fourth-order valence-corrected chi connectivity index (χ4v) is 3.30. The average molecular weight is 223 g/mol. The summed E-state index contributed by atoms with van der Waals surface area (Å²) in [6.45, 7) is 5.71. The van der Waals surface area contributed by atoms with Gasteiger partial charge in [-0.3, -0.25) is 4.79 Å². The fourth-order valence-electron chi connectivity index (χ4n) is 3.30.